The van der Waals surface area contributed by atoms with Gasteiger partial charge in [0, 0.05) is 27.1 Å². The molecule has 0 amide bonds. The van der Waals surface area contributed by atoms with E-state index in [1.54, 1.807) is 41.7 Å². The highest BCUT2D eigenvalue weighted by Crippen LogP contribution is 2.39. The van der Waals surface area contributed by atoms with Crippen LogP contribution in [-0.2, 0) is 6.30 Å². The average Bonchev–Trinajstić information content (AvgIpc) is 3.68. The molecule has 0 saturated carbocycles. The number of pyridine rings is 1. The second-order valence-electron chi connectivity index (χ2n) is 9.64. The molecule has 0 unspecified atom stereocenters. The summed E-state index contributed by atoms with van der Waals surface area (Å²) in [5.41, 5.74) is 6.09. The van der Waals surface area contributed by atoms with Crippen LogP contribution in [0, 0.1) is 0 Å². The van der Waals surface area contributed by atoms with E-state index in [9.17, 15) is 13.2 Å². The van der Waals surface area contributed by atoms with E-state index in [1.165, 1.54) is 21.5 Å². The van der Waals surface area contributed by atoms with Crippen molar-refractivity contribution in [2.24, 2.45) is 0 Å². The van der Waals surface area contributed by atoms with Crippen molar-refractivity contribution < 1.29 is 13.2 Å². The van der Waals surface area contributed by atoms with Gasteiger partial charge in [0.1, 0.15) is 0 Å². The van der Waals surface area contributed by atoms with Crippen molar-refractivity contribution in [2.45, 2.75) is 6.30 Å². The number of hydrogen-bond acceptors (Lipinski definition) is 2. The van der Waals surface area contributed by atoms with Gasteiger partial charge in [-0.2, -0.15) is 5.10 Å². The number of halogens is 3. The van der Waals surface area contributed by atoms with Gasteiger partial charge in [-0.15, -0.1) is 24.5 Å². The van der Waals surface area contributed by atoms with Gasteiger partial charge >= 0.3 is 6.30 Å². The number of alkyl halides is 3. The smallest absolute Gasteiger partial charge is 0.252 e. The van der Waals surface area contributed by atoms with E-state index in [1.807, 2.05) is 47.0 Å². The first-order valence-electron chi connectivity index (χ1n) is 12.5. The molecule has 0 fully saturated rings. The summed E-state index contributed by atoms with van der Waals surface area (Å²) in [6, 6.07) is 32.4. The van der Waals surface area contributed by atoms with Gasteiger partial charge in [-0.05, 0) is 52.9 Å². The molecule has 0 atom stereocenters. The summed E-state index contributed by atoms with van der Waals surface area (Å²) in [4.78, 5) is 0. The summed E-state index contributed by atoms with van der Waals surface area (Å²) in [5.74, 6) is 0. The zero-order chi connectivity index (χ0) is 26.3. The number of nitrogens with zero attached hydrogens (tertiary/aromatic N) is 3. The minimum Gasteiger partial charge on any atom is -0.252 e. The number of benzene rings is 4. The predicted octanol–water partition coefficient (Wildman–Crippen LogP) is 9.62. The molecule has 0 aliphatic rings. The van der Waals surface area contributed by atoms with Gasteiger partial charge in [0.05, 0.1) is 32.5 Å². The van der Waals surface area contributed by atoms with E-state index in [0.29, 0.717) is 15.3 Å². The molecular formula is C32H18F3N3S. The van der Waals surface area contributed by atoms with Crippen LogP contribution in [0.2, 0.25) is 0 Å². The van der Waals surface area contributed by atoms with Crippen molar-refractivity contribution in [1.82, 2.24) is 14.2 Å². The van der Waals surface area contributed by atoms with Crippen LogP contribution in [0.25, 0.3) is 70.7 Å². The molecule has 8 rings (SSSR count). The summed E-state index contributed by atoms with van der Waals surface area (Å²) in [7, 11) is 0. The van der Waals surface area contributed by atoms with Gasteiger partial charge in [0.25, 0.3) is 0 Å². The first kappa shape index (κ1) is 22.4. The molecule has 4 aromatic heterocycles. The molecule has 0 N–H and O–H groups in total. The van der Waals surface area contributed by atoms with Crippen molar-refractivity contribution in [3.05, 3.63) is 109 Å². The van der Waals surface area contributed by atoms with Crippen LogP contribution in [-0.4, -0.2) is 14.2 Å². The standard InChI is InChI=1S/C32H18F3N3S/c33-32(34,35)37-27-7-3-1-6-23(27)25-17-21(13-14-28(25)37)19-9-11-20(12-10-19)26-18-30-31-24(15-16-39-31)22-5-2-4-8-29(22)38(30)36-26/h1-18H. The molecule has 0 aliphatic carbocycles. The second-order valence-corrected chi connectivity index (χ2v) is 10.6. The van der Waals surface area contributed by atoms with Gasteiger partial charge in [0.2, 0.25) is 0 Å². The Labute approximate surface area is 223 Å². The number of hydrogen-bond donors (Lipinski definition) is 0. The Morgan fingerprint density at radius 3 is 1.97 bits per heavy atom. The number of fused-ring (bicyclic) bond motifs is 9. The molecule has 3 nitrogen and oxygen atoms in total. The summed E-state index contributed by atoms with van der Waals surface area (Å²) in [5, 5.41) is 10.6. The SMILES string of the molecule is FC(F)(F)n1c2ccccc2c2cc(-c3ccc(-c4cc5c6sccc6c6ccccc6n5n4)cc3)ccc21. The summed E-state index contributed by atoms with van der Waals surface area (Å²) >= 11 is 1.71. The highest BCUT2D eigenvalue weighted by Gasteiger charge is 2.34. The molecule has 4 aromatic carbocycles. The summed E-state index contributed by atoms with van der Waals surface area (Å²) < 4.78 is 45.4. The van der Waals surface area contributed by atoms with Gasteiger partial charge in [-0.3, -0.25) is 4.57 Å². The van der Waals surface area contributed by atoms with E-state index in [2.05, 4.69) is 29.6 Å². The van der Waals surface area contributed by atoms with E-state index < -0.39 is 6.30 Å². The second kappa shape index (κ2) is 7.94. The Hall–Kier alpha value is -4.62. The lowest BCUT2D eigenvalue weighted by atomic mass is 10.0. The maximum absolute atomic E-state index is 13.9. The first-order valence-corrected chi connectivity index (χ1v) is 13.3. The number of aromatic nitrogens is 3. The molecule has 8 aromatic rings. The molecular weight excluding hydrogens is 515 g/mol. The van der Waals surface area contributed by atoms with E-state index in [-0.39, 0.29) is 11.0 Å². The lowest BCUT2D eigenvalue weighted by molar-refractivity contribution is -0.197. The van der Waals surface area contributed by atoms with E-state index >= 15 is 0 Å². The van der Waals surface area contributed by atoms with Crippen LogP contribution in [0.5, 0.6) is 0 Å². The molecule has 7 heteroatoms. The molecule has 0 aliphatic heterocycles. The third-order valence-electron chi connectivity index (χ3n) is 7.47. The number of thiophene rings is 1. The monoisotopic (exact) mass is 533 g/mol. The lowest BCUT2D eigenvalue weighted by Gasteiger charge is -2.11. The average molecular weight is 534 g/mol. The summed E-state index contributed by atoms with van der Waals surface area (Å²) in [6.45, 7) is 0. The van der Waals surface area contributed by atoms with Crippen LogP contribution in [0.4, 0.5) is 13.2 Å². The van der Waals surface area contributed by atoms with E-state index in [4.69, 9.17) is 5.10 Å². The third kappa shape index (κ3) is 3.26. The van der Waals surface area contributed by atoms with Crippen molar-refractivity contribution in [2.75, 3.05) is 0 Å². The first-order chi connectivity index (χ1) is 19.0. The Bertz CT molecular complexity index is 2220. The number of para-hydroxylation sites is 2. The zero-order valence-corrected chi connectivity index (χ0v) is 21.1. The summed E-state index contributed by atoms with van der Waals surface area (Å²) in [6.07, 6.45) is -4.50. The molecule has 0 saturated heterocycles. The Morgan fingerprint density at radius 1 is 0.564 bits per heavy atom. The van der Waals surface area contributed by atoms with Crippen LogP contribution in [0.15, 0.2) is 109 Å². The predicted molar refractivity (Wildman–Crippen MR) is 153 cm³/mol. The number of rotatable bonds is 2. The molecule has 4 heterocycles. The fourth-order valence-corrected chi connectivity index (χ4v) is 6.64. The molecule has 39 heavy (non-hydrogen) atoms. The maximum Gasteiger partial charge on any atom is 0.489 e. The zero-order valence-electron chi connectivity index (χ0n) is 20.3. The largest absolute Gasteiger partial charge is 0.489 e. The van der Waals surface area contributed by atoms with Gasteiger partial charge < -0.3 is 0 Å². The van der Waals surface area contributed by atoms with Crippen LogP contribution in [0.1, 0.15) is 0 Å². The highest BCUT2D eigenvalue weighted by molar-refractivity contribution is 7.18. The normalized spacial score (nSPS) is 12.5. The lowest BCUT2D eigenvalue weighted by Crippen LogP contribution is -2.15. The fraction of sp³-hybridized carbons (Fsp3) is 0.0312. The maximum atomic E-state index is 13.9. The van der Waals surface area contributed by atoms with Gasteiger partial charge in [0.15, 0.2) is 0 Å². The van der Waals surface area contributed by atoms with E-state index in [0.717, 1.165) is 33.4 Å². The Kier molecular flexibility index (Phi) is 4.56. The van der Waals surface area contributed by atoms with Crippen molar-refractivity contribution in [3.8, 4) is 22.4 Å². The van der Waals surface area contributed by atoms with Crippen molar-refractivity contribution in [3.63, 3.8) is 0 Å². The van der Waals surface area contributed by atoms with Crippen molar-refractivity contribution in [1.29, 1.82) is 0 Å². The highest BCUT2D eigenvalue weighted by atomic mass is 32.1. The Morgan fingerprint density at radius 2 is 1.21 bits per heavy atom. The third-order valence-corrected chi connectivity index (χ3v) is 8.41. The molecule has 188 valence electrons. The molecule has 0 radical (unpaired) electrons. The van der Waals surface area contributed by atoms with Crippen LogP contribution in [0.3, 0.4) is 0 Å². The quantitative estimate of drug-likeness (QED) is 0.217. The van der Waals surface area contributed by atoms with Gasteiger partial charge in [-0.25, -0.2) is 4.52 Å². The molecule has 0 spiro atoms. The minimum atomic E-state index is -4.50. The van der Waals surface area contributed by atoms with Gasteiger partial charge in [-0.1, -0.05) is 66.7 Å². The van der Waals surface area contributed by atoms with Crippen LogP contribution >= 0.6 is 11.3 Å². The Balaban J connectivity index is 1.24. The molecule has 0 bridgehead atoms. The topological polar surface area (TPSA) is 22.2 Å². The van der Waals surface area contributed by atoms with Crippen LogP contribution < -0.4 is 0 Å². The minimum absolute atomic E-state index is 0.154. The van der Waals surface area contributed by atoms with Crippen molar-refractivity contribution >= 4 is 59.6 Å². The fourth-order valence-electron chi connectivity index (χ4n) is 5.73.